The van der Waals surface area contributed by atoms with Crippen LogP contribution in [0.1, 0.15) is 26.3 Å². The van der Waals surface area contributed by atoms with Gasteiger partial charge in [0, 0.05) is 12.5 Å². The fraction of sp³-hybridized carbons (Fsp3) is 0.333. The molecule has 0 aliphatic rings. The molecule has 0 saturated carbocycles. The van der Waals surface area contributed by atoms with Crippen molar-refractivity contribution >= 4 is 16.8 Å². The van der Waals surface area contributed by atoms with Crippen LogP contribution in [0.4, 0.5) is 0 Å². The molecular formula is C12H14N2O. The van der Waals surface area contributed by atoms with Gasteiger partial charge < -0.3 is 4.57 Å². The summed E-state index contributed by atoms with van der Waals surface area (Å²) in [6, 6.07) is 8.14. The van der Waals surface area contributed by atoms with Gasteiger partial charge in [0.2, 0.25) is 0 Å². The smallest absolute Gasteiger partial charge is 0.131 e. The van der Waals surface area contributed by atoms with E-state index < -0.39 is 0 Å². The molecule has 0 spiro atoms. The Hall–Kier alpha value is -1.64. The molecule has 2 aromatic rings. The molecule has 1 atom stereocenters. The second kappa shape index (κ2) is 3.85. The number of fused-ring (bicyclic) bond motifs is 1. The van der Waals surface area contributed by atoms with Crippen LogP contribution in [0.5, 0.6) is 0 Å². The van der Waals surface area contributed by atoms with Crippen molar-refractivity contribution in [2.24, 2.45) is 0 Å². The quantitative estimate of drug-likeness (QED) is 0.766. The number of rotatable bonds is 3. The number of nitrogens with zero attached hydrogens (tertiary/aromatic N) is 2. The highest BCUT2D eigenvalue weighted by molar-refractivity contribution is 5.77. The Morgan fingerprint density at radius 2 is 2.20 bits per heavy atom. The number of para-hydroxylation sites is 2. The van der Waals surface area contributed by atoms with Gasteiger partial charge in [-0.2, -0.15) is 0 Å². The minimum absolute atomic E-state index is 0.176. The predicted octanol–water partition coefficient (Wildman–Crippen LogP) is 2.58. The SMILES string of the molecule is CC(=O)CC(C)n1cnc2ccccc21. The molecule has 1 heterocycles. The van der Waals surface area contributed by atoms with E-state index in [0.29, 0.717) is 6.42 Å². The maximum Gasteiger partial charge on any atom is 0.131 e. The van der Waals surface area contributed by atoms with Crippen LogP contribution < -0.4 is 0 Å². The summed E-state index contributed by atoms with van der Waals surface area (Å²) in [5.41, 5.74) is 2.07. The van der Waals surface area contributed by atoms with E-state index in [0.717, 1.165) is 11.0 Å². The molecule has 78 valence electrons. The zero-order valence-electron chi connectivity index (χ0n) is 8.97. The summed E-state index contributed by atoms with van der Waals surface area (Å²) in [7, 11) is 0. The van der Waals surface area contributed by atoms with E-state index in [9.17, 15) is 4.79 Å². The lowest BCUT2D eigenvalue weighted by Crippen LogP contribution is -2.07. The molecule has 0 bridgehead atoms. The summed E-state index contributed by atoms with van der Waals surface area (Å²) in [6.45, 7) is 3.66. The average molecular weight is 202 g/mol. The minimum Gasteiger partial charge on any atom is -0.327 e. The molecule has 0 radical (unpaired) electrons. The molecule has 1 unspecified atom stereocenters. The largest absolute Gasteiger partial charge is 0.327 e. The van der Waals surface area contributed by atoms with Crippen LogP contribution in [-0.2, 0) is 4.79 Å². The number of imidazole rings is 1. The normalized spacial score (nSPS) is 12.9. The monoisotopic (exact) mass is 202 g/mol. The summed E-state index contributed by atoms with van der Waals surface area (Å²) >= 11 is 0. The maximum absolute atomic E-state index is 11.1. The predicted molar refractivity (Wildman–Crippen MR) is 59.7 cm³/mol. The Morgan fingerprint density at radius 3 is 2.93 bits per heavy atom. The lowest BCUT2D eigenvalue weighted by atomic mass is 10.2. The number of carbonyl (C=O) groups excluding carboxylic acids is 1. The number of hydrogen-bond acceptors (Lipinski definition) is 2. The van der Waals surface area contributed by atoms with Crippen molar-refractivity contribution in [1.29, 1.82) is 0 Å². The standard InChI is InChI=1S/C12H14N2O/c1-9(7-10(2)15)14-8-13-11-5-3-4-6-12(11)14/h3-6,8-9H,7H2,1-2H3. The first kappa shape index (κ1) is 9.90. The maximum atomic E-state index is 11.1. The summed E-state index contributed by atoms with van der Waals surface area (Å²) < 4.78 is 2.05. The Balaban J connectivity index is 2.39. The third-order valence-corrected chi connectivity index (χ3v) is 2.54. The highest BCUT2D eigenvalue weighted by Crippen LogP contribution is 2.19. The van der Waals surface area contributed by atoms with E-state index in [4.69, 9.17) is 0 Å². The van der Waals surface area contributed by atoms with E-state index in [1.165, 1.54) is 0 Å². The molecule has 0 fully saturated rings. The van der Waals surface area contributed by atoms with Crippen molar-refractivity contribution in [2.45, 2.75) is 26.3 Å². The van der Waals surface area contributed by atoms with Gasteiger partial charge in [-0.3, -0.25) is 4.79 Å². The molecule has 3 nitrogen and oxygen atoms in total. The second-order valence-electron chi connectivity index (χ2n) is 3.90. The van der Waals surface area contributed by atoms with Gasteiger partial charge in [-0.15, -0.1) is 0 Å². The van der Waals surface area contributed by atoms with E-state index in [1.807, 2.05) is 31.2 Å². The fourth-order valence-corrected chi connectivity index (χ4v) is 1.84. The Morgan fingerprint density at radius 1 is 1.47 bits per heavy atom. The molecule has 1 aromatic heterocycles. The van der Waals surface area contributed by atoms with Crippen molar-refractivity contribution in [2.75, 3.05) is 0 Å². The topological polar surface area (TPSA) is 34.9 Å². The Labute approximate surface area is 88.7 Å². The fourth-order valence-electron chi connectivity index (χ4n) is 1.84. The first-order valence-electron chi connectivity index (χ1n) is 5.09. The lowest BCUT2D eigenvalue weighted by molar-refractivity contribution is -0.117. The Kier molecular flexibility index (Phi) is 2.54. The lowest BCUT2D eigenvalue weighted by Gasteiger charge is -2.12. The van der Waals surface area contributed by atoms with Crippen LogP contribution in [0.3, 0.4) is 0 Å². The first-order chi connectivity index (χ1) is 7.18. The van der Waals surface area contributed by atoms with Gasteiger partial charge in [-0.25, -0.2) is 4.98 Å². The molecule has 0 amide bonds. The first-order valence-corrected chi connectivity index (χ1v) is 5.09. The van der Waals surface area contributed by atoms with Crippen molar-refractivity contribution in [3.63, 3.8) is 0 Å². The summed E-state index contributed by atoms with van der Waals surface area (Å²) in [5.74, 6) is 0.209. The molecule has 0 saturated heterocycles. The van der Waals surface area contributed by atoms with E-state index in [1.54, 1.807) is 13.3 Å². The van der Waals surface area contributed by atoms with Crippen LogP contribution in [0.15, 0.2) is 30.6 Å². The van der Waals surface area contributed by atoms with Crippen LogP contribution in [-0.4, -0.2) is 15.3 Å². The van der Waals surface area contributed by atoms with E-state index >= 15 is 0 Å². The van der Waals surface area contributed by atoms with Crippen molar-refractivity contribution < 1.29 is 4.79 Å². The number of ketones is 1. The molecule has 15 heavy (non-hydrogen) atoms. The number of hydrogen-bond donors (Lipinski definition) is 0. The minimum atomic E-state index is 0.176. The van der Waals surface area contributed by atoms with Gasteiger partial charge in [0.15, 0.2) is 0 Å². The van der Waals surface area contributed by atoms with Crippen molar-refractivity contribution in [1.82, 2.24) is 9.55 Å². The van der Waals surface area contributed by atoms with Gasteiger partial charge in [0.05, 0.1) is 17.4 Å². The summed E-state index contributed by atoms with van der Waals surface area (Å²) in [5, 5.41) is 0. The van der Waals surface area contributed by atoms with Gasteiger partial charge in [0.1, 0.15) is 5.78 Å². The van der Waals surface area contributed by atoms with Crippen molar-refractivity contribution in [3.05, 3.63) is 30.6 Å². The summed E-state index contributed by atoms with van der Waals surface area (Å²) in [6.07, 6.45) is 2.36. The van der Waals surface area contributed by atoms with Crippen LogP contribution >= 0.6 is 0 Å². The van der Waals surface area contributed by atoms with Crippen molar-refractivity contribution in [3.8, 4) is 0 Å². The van der Waals surface area contributed by atoms with Gasteiger partial charge in [-0.1, -0.05) is 12.1 Å². The van der Waals surface area contributed by atoms with Gasteiger partial charge >= 0.3 is 0 Å². The molecule has 1 aromatic carbocycles. The summed E-state index contributed by atoms with van der Waals surface area (Å²) in [4.78, 5) is 15.4. The van der Waals surface area contributed by atoms with E-state index in [2.05, 4.69) is 9.55 Å². The highest BCUT2D eigenvalue weighted by Gasteiger charge is 2.10. The van der Waals surface area contributed by atoms with Gasteiger partial charge in [-0.05, 0) is 26.0 Å². The number of Topliss-reactive ketones (excluding diaryl/α,β-unsaturated/α-hetero) is 1. The Bertz CT molecular complexity index is 487. The van der Waals surface area contributed by atoms with Crippen LogP contribution in [0.25, 0.3) is 11.0 Å². The van der Waals surface area contributed by atoms with Crippen LogP contribution in [0.2, 0.25) is 0 Å². The molecular weight excluding hydrogens is 188 g/mol. The number of carbonyl (C=O) groups is 1. The zero-order valence-corrected chi connectivity index (χ0v) is 8.97. The van der Waals surface area contributed by atoms with Gasteiger partial charge in [0.25, 0.3) is 0 Å². The number of benzene rings is 1. The third-order valence-electron chi connectivity index (χ3n) is 2.54. The third kappa shape index (κ3) is 1.91. The zero-order chi connectivity index (χ0) is 10.8. The molecule has 0 aliphatic heterocycles. The van der Waals surface area contributed by atoms with Crippen LogP contribution in [0, 0.1) is 0 Å². The van der Waals surface area contributed by atoms with E-state index in [-0.39, 0.29) is 11.8 Å². The highest BCUT2D eigenvalue weighted by atomic mass is 16.1. The molecule has 2 rings (SSSR count). The average Bonchev–Trinajstić information content (AvgIpc) is 2.59. The second-order valence-corrected chi connectivity index (χ2v) is 3.90. The number of aromatic nitrogens is 2. The molecule has 3 heteroatoms. The molecule has 0 aliphatic carbocycles. The molecule has 0 N–H and O–H groups in total.